The zero-order chi connectivity index (χ0) is 24.5. The quantitative estimate of drug-likeness (QED) is 0.406. The summed E-state index contributed by atoms with van der Waals surface area (Å²) in [6, 6.07) is 24.0. The highest BCUT2D eigenvalue weighted by Crippen LogP contribution is 2.47. The SMILES string of the molecule is CC(=O)Oc1cccc(C2C3=C(CC(c4ccccc4)CC3=O)Nc3ccccc3N2C(C)=O)c1. The van der Waals surface area contributed by atoms with Crippen LogP contribution in [0.15, 0.2) is 90.1 Å². The van der Waals surface area contributed by atoms with Crippen LogP contribution in [0.5, 0.6) is 5.75 Å². The van der Waals surface area contributed by atoms with Crippen LogP contribution in [-0.4, -0.2) is 17.7 Å². The second-order valence-corrected chi connectivity index (χ2v) is 8.93. The molecular formula is C29H26N2O4. The van der Waals surface area contributed by atoms with Crippen molar-refractivity contribution in [2.45, 2.75) is 38.6 Å². The van der Waals surface area contributed by atoms with Crippen LogP contribution in [0, 0.1) is 0 Å². The molecule has 1 aliphatic carbocycles. The van der Waals surface area contributed by atoms with Crippen LogP contribution in [0.4, 0.5) is 11.4 Å². The van der Waals surface area contributed by atoms with Gasteiger partial charge in [0.25, 0.3) is 0 Å². The summed E-state index contributed by atoms with van der Waals surface area (Å²) in [7, 11) is 0. The number of carbonyl (C=O) groups excluding carboxylic acids is 3. The number of nitrogens with zero attached hydrogens (tertiary/aromatic N) is 1. The molecule has 0 radical (unpaired) electrons. The van der Waals surface area contributed by atoms with Gasteiger partial charge in [0.05, 0.1) is 17.4 Å². The first-order chi connectivity index (χ1) is 16.9. The van der Waals surface area contributed by atoms with Crippen molar-refractivity contribution < 1.29 is 19.1 Å². The molecule has 1 N–H and O–H groups in total. The van der Waals surface area contributed by atoms with Crippen LogP contribution in [-0.2, 0) is 14.4 Å². The summed E-state index contributed by atoms with van der Waals surface area (Å²) in [5.41, 5.74) is 4.68. The standard InChI is InChI=1S/C29H26N2O4/c1-18(32)31-26-14-7-6-13-24(26)30-25-16-22(20-9-4-3-5-10-20)17-27(34)28(25)29(31)21-11-8-12-23(15-21)35-19(2)33/h3-15,22,29-30H,16-17H2,1-2H3. The van der Waals surface area contributed by atoms with E-state index in [1.54, 1.807) is 23.1 Å². The molecule has 6 heteroatoms. The number of Topliss-reactive ketones (excluding diaryl/α,β-unsaturated/α-hetero) is 1. The lowest BCUT2D eigenvalue weighted by Crippen LogP contribution is -2.37. The Hall–Kier alpha value is -4.19. The zero-order valence-corrected chi connectivity index (χ0v) is 19.7. The maximum Gasteiger partial charge on any atom is 0.308 e. The van der Waals surface area contributed by atoms with Crippen LogP contribution in [0.2, 0.25) is 0 Å². The predicted octanol–water partition coefficient (Wildman–Crippen LogP) is 5.53. The highest BCUT2D eigenvalue weighted by Gasteiger charge is 2.40. The van der Waals surface area contributed by atoms with Gasteiger partial charge >= 0.3 is 5.97 Å². The Labute approximate surface area is 204 Å². The molecule has 2 aliphatic rings. The first kappa shape index (κ1) is 22.6. The topological polar surface area (TPSA) is 75.7 Å². The number of nitrogens with one attached hydrogen (secondary N) is 1. The van der Waals surface area contributed by atoms with E-state index >= 15 is 0 Å². The third kappa shape index (κ3) is 4.35. The smallest absolute Gasteiger partial charge is 0.308 e. The minimum atomic E-state index is -0.654. The number of ketones is 1. The fourth-order valence-electron chi connectivity index (χ4n) is 5.13. The van der Waals surface area contributed by atoms with Crippen molar-refractivity contribution in [1.29, 1.82) is 0 Å². The molecule has 3 aromatic carbocycles. The summed E-state index contributed by atoms with van der Waals surface area (Å²) in [5.74, 6) is -0.211. The van der Waals surface area contributed by atoms with Crippen molar-refractivity contribution in [3.8, 4) is 5.75 Å². The summed E-state index contributed by atoms with van der Waals surface area (Å²) in [4.78, 5) is 40.2. The molecule has 0 bridgehead atoms. The number of esters is 1. The van der Waals surface area contributed by atoms with Gasteiger partial charge in [-0.15, -0.1) is 0 Å². The number of benzene rings is 3. The Morgan fingerprint density at radius 3 is 2.34 bits per heavy atom. The molecule has 0 saturated carbocycles. The van der Waals surface area contributed by atoms with Crippen LogP contribution >= 0.6 is 0 Å². The lowest BCUT2D eigenvalue weighted by molar-refractivity contribution is -0.132. The second kappa shape index (κ2) is 9.22. The number of amides is 1. The van der Waals surface area contributed by atoms with Crippen LogP contribution in [0.3, 0.4) is 0 Å². The minimum absolute atomic E-state index is 0.00505. The van der Waals surface area contributed by atoms with Crippen molar-refractivity contribution >= 4 is 29.0 Å². The maximum atomic E-state index is 13.8. The summed E-state index contributed by atoms with van der Waals surface area (Å²) < 4.78 is 5.32. The molecule has 35 heavy (non-hydrogen) atoms. The van der Waals surface area contributed by atoms with Gasteiger partial charge in [-0.05, 0) is 47.7 Å². The van der Waals surface area contributed by atoms with Gasteiger partial charge in [-0.25, -0.2) is 0 Å². The van der Waals surface area contributed by atoms with E-state index in [1.807, 2.05) is 48.5 Å². The van der Waals surface area contributed by atoms with E-state index in [4.69, 9.17) is 4.74 Å². The van der Waals surface area contributed by atoms with Crippen molar-refractivity contribution in [2.75, 3.05) is 10.2 Å². The Bertz CT molecular complexity index is 1350. The van der Waals surface area contributed by atoms with Gasteiger partial charge in [-0.1, -0.05) is 54.6 Å². The molecule has 5 rings (SSSR count). The minimum Gasteiger partial charge on any atom is -0.427 e. The number of fused-ring (bicyclic) bond motifs is 1. The van der Waals surface area contributed by atoms with Gasteiger partial charge in [0.2, 0.25) is 5.91 Å². The lowest BCUT2D eigenvalue weighted by Gasteiger charge is -2.34. The van der Waals surface area contributed by atoms with Gasteiger partial charge in [0.15, 0.2) is 5.78 Å². The third-order valence-electron chi connectivity index (χ3n) is 6.53. The highest BCUT2D eigenvalue weighted by molar-refractivity contribution is 6.06. The molecule has 3 aromatic rings. The number of hydrogen-bond acceptors (Lipinski definition) is 5. The number of ether oxygens (including phenoxy) is 1. The van der Waals surface area contributed by atoms with E-state index in [2.05, 4.69) is 17.4 Å². The predicted molar refractivity (Wildman–Crippen MR) is 134 cm³/mol. The molecule has 6 nitrogen and oxygen atoms in total. The Morgan fingerprint density at radius 1 is 0.886 bits per heavy atom. The molecule has 176 valence electrons. The first-order valence-electron chi connectivity index (χ1n) is 11.7. The van der Waals surface area contributed by atoms with E-state index in [0.29, 0.717) is 35.4 Å². The van der Waals surface area contributed by atoms with E-state index < -0.39 is 12.0 Å². The van der Waals surface area contributed by atoms with Crippen molar-refractivity contribution in [3.05, 3.63) is 101 Å². The molecule has 1 amide bonds. The normalized spacial score (nSPS) is 19.3. The van der Waals surface area contributed by atoms with Gasteiger partial charge in [0.1, 0.15) is 5.75 Å². The lowest BCUT2D eigenvalue weighted by atomic mass is 9.78. The molecule has 0 saturated heterocycles. The fourth-order valence-corrected chi connectivity index (χ4v) is 5.13. The summed E-state index contributed by atoms with van der Waals surface area (Å²) in [5, 5.41) is 3.50. The van der Waals surface area contributed by atoms with Gasteiger partial charge < -0.3 is 10.1 Å². The largest absolute Gasteiger partial charge is 0.427 e. The summed E-state index contributed by atoms with van der Waals surface area (Å²) in [6.45, 7) is 2.85. The van der Waals surface area contributed by atoms with E-state index in [-0.39, 0.29) is 17.6 Å². The maximum absolute atomic E-state index is 13.8. The summed E-state index contributed by atoms with van der Waals surface area (Å²) in [6.07, 6.45) is 0.998. The molecular weight excluding hydrogens is 440 g/mol. The number of para-hydroxylation sites is 2. The monoisotopic (exact) mass is 466 g/mol. The molecule has 1 heterocycles. The number of hydrogen-bond donors (Lipinski definition) is 1. The highest BCUT2D eigenvalue weighted by atomic mass is 16.5. The molecule has 0 aromatic heterocycles. The number of rotatable bonds is 3. The first-order valence-corrected chi connectivity index (χ1v) is 11.7. The average Bonchev–Trinajstić information content (AvgIpc) is 2.99. The second-order valence-electron chi connectivity index (χ2n) is 8.93. The Kier molecular flexibility index (Phi) is 5.95. The Morgan fingerprint density at radius 2 is 1.60 bits per heavy atom. The molecule has 2 atom stereocenters. The van der Waals surface area contributed by atoms with Crippen LogP contribution in [0.1, 0.15) is 49.8 Å². The molecule has 0 fully saturated rings. The van der Waals surface area contributed by atoms with E-state index in [0.717, 1.165) is 16.9 Å². The molecule has 0 spiro atoms. The van der Waals surface area contributed by atoms with E-state index in [1.165, 1.54) is 13.8 Å². The zero-order valence-electron chi connectivity index (χ0n) is 19.7. The van der Waals surface area contributed by atoms with Crippen molar-refractivity contribution in [2.24, 2.45) is 0 Å². The third-order valence-corrected chi connectivity index (χ3v) is 6.53. The molecule has 1 aliphatic heterocycles. The van der Waals surface area contributed by atoms with Gasteiger partial charge in [0, 0.05) is 31.5 Å². The molecule has 2 unspecified atom stereocenters. The average molecular weight is 467 g/mol. The Balaban J connectivity index is 1.70. The van der Waals surface area contributed by atoms with Crippen LogP contribution < -0.4 is 15.0 Å². The van der Waals surface area contributed by atoms with Gasteiger partial charge in [-0.2, -0.15) is 0 Å². The number of allylic oxidation sites excluding steroid dienone is 1. The number of anilines is 2. The fraction of sp³-hybridized carbons (Fsp3) is 0.207. The summed E-state index contributed by atoms with van der Waals surface area (Å²) >= 11 is 0. The van der Waals surface area contributed by atoms with Crippen molar-refractivity contribution in [3.63, 3.8) is 0 Å². The van der Waals surface area contributed by atoms with Crippen molar-refractivity contribution in [1.82, 2.24) is 0 Å². The van der Waals surface area contributed by atoms with Crippen LogP contribution in [0.25, 0.3) is 0 Å². The van der Waals surface area contributed by atoms with E-state index in [9.17, 15) is 14.4 Å². The number of carbonyl (C=O) groups is 3. The van der Waals surface area contributed by atoms with Gasteiger partial charge in [-0.3, -0.25) is 19.3 Å².